The van der Waals surface area contributed by atoms with Crippen LogP contribution in [-0.4, -0.2) is 29.9 Å². The largest absolute Gasteiger partial charge is 0.338 e. The van der Waals surface area contributed by atoms with Crippen LogP contribution in [0.4, 0.5) is 4.79 Å². The number of hydrogen-bond donors (Lipinski definition) is 1. The molecule has 3 amide bonds. The van der Waals surface area contributed by atoms with Crippen LogP contribution >= 0.6 is 0 Å². The van der Waals surface area contributed by atoms with Gasteiger partial charge in [-0.1, -0.05) is 6.08 Å². The van der Waals surface area contributed by atoms with Crippen LogP contribution in [0, 0.1) is 11.3 Å². The number of urea groups is 1. The van der Waals surface area contributed by atoms with Crippen molar-refractivity contribution in [3.63, 3.8) is 0 Å². The number of nitriles is 1. The fourth-order valence-electron chi connectivity index (χ4n) is 0.837. The van der Waals surface area contributed by atoms with Crippen molar-refractivity contribution in [3.8, 4) is 6.07 Å². The Bertz CT molecular complexity index is 268. The van der Waals surface area contributed by atoms with Gasteiger partial charge in [0, 0.05) is 13.1 Å². The van der Waals surface area contributed by atoms with Crippen LogP contribution in [0.15, 0.2) is 12.7 Å². The molecule has 5 nitrogen and oxygen atoms in total. The zero-order valence-electron chi connectivity index (χ0n) is 8.12. The van der Waals surface area contributed by atoms with Gasteiger partial charge in [0.25, 0.3) is 0 Å². The Morgan fingerprint density at radius 2 is 2.29 bits per heavy atom. The molecule has 0 atom stereocenters. The Labute approximate surface area is 83.0 Å². The summed E-state index contributed by atoms with van der Waals surface area (Å²) >= 11 is 0. The number of carbonyl (C=O) groups excluding carboxylic acids is 2. The minimum atomic E-state index is -0.515. The van der Waals surface area contributed by atoms with Crippen molar-refractivity contribution < 1.29 is 9.59 Å². The average Bonchev–Trinajstić information content (AvgIpc) is 2.14. The van der Waals surface area contributed by atoms with Crippen LogP contribution in [-0.2, 0) is 4.79 Å². The maximum atomic E-state index is 11.3. The first kappa shape index (κ1) is 12.2. The van der Waals surface area contributed by atoms with E-state index in [0.29, 0.717) is 6.54 Å². The molecule has 0 spiro atoms. The summed E-state index contributed by atoms with van der Waals surface area (Å²) in [5.74, 6) is -0.515. The molecular formula is C9H13N3O2. The quantitative estimate of drug-likeness (QED) is 0.669. The van der Waals surface area contributed by atoms with Gasteiger partial charge in [-0.3, -0.25) is 9.69 Å². The summed E-state index contributed by atoms with van der Waals surface area (Å²) in [6, 6.07) is 1.20. The highest BCUT2D eigenvalue weighted by Gasteiger charge is 2.18. The van der Waals surface area contributed by atoms with Gasteiger partial charge in [-0.25, -0.2) is 4.79 Å². The summed E-state index contributed by atoms with van der Waals surface area (Å²) in [6.07, 6.45) is 1.13. The monoisotopic (exact) mass is 195 g/mol. The number of carbonyl (C=O) groups is 2. The first-order valence-corrected chi connectivity index (χ1v) is 4.23. The lowest BCUT2D eigenvalue weighted by atomic mass is 10.4. The highest BCUT2D eigenvalue weighted by molar-refractivity contribution is 5.95. The lowest BCUT2D eigenvalue weighted by molar-refractivity contribution is -0.126. The van der Waals surface area contributed by atoms with Crippen LogP contribution in [0.1, 0.15) is 13.3 Å². The van der Waals surface area contributed by atoms with Crippen molar-refractivity contribution in [1.29, 1.82) is 5.26 Å². The molecule has 0 aliphatic heterocycles. The van der Waals surface area contributed by atoms with E-state index in [1.165, 1.54) is 6.08 Å². The van der Waals surface area contributed by atoms with Crippen LogP contribution in [0.2, 0.25) is 0 Å². The van der Waals surface area contributed by atoms with Crippen molar-refractivity contribution >= 4 is 11.9 Å². The third-order valence-corrected chi connectivity index (χ3v) is 1.42. The number of rotatable bonds is 4. The van der Waals surface area contributed by atoms with Crippen molar-refractivity contribution in [2.24, 2.45) is 0 Å². The van der Waals surface area contributed by atoms with Gasteiger partial charge < -0.3 is 5.32 Å². The number of imide groups is 1. The first-order valence-electron chi connectivity index (χ1n) is 4.23. The Balaban J connectivity index is 4.42. The van der Waals surface area contributed by atoms with Crippen LogP contribution < -0.4 is 5.32 Å². The van der Waals surface area contributed by atoms with E-state index in [1.54, 1.807) is 13.0 Å². The topological polar surface area (TPSA) is 73.2 Å². The molecule has 0 aliphatic rings. The van der Waals surface area contributed by atoms with E-state index in [0.717, 1.165) is 4.90 Å². The molecule has 0 aromatic heterocycles. The van der Waals surface area contributed by atoms with Crippen LogP contribution in [0.25, 0.3) is 0 Å². The van der Waals surface area contributed by atoms with E-state index < -0.39 is 11.9 Å². The van der Waals surface area contributed by atoms with E-state index in [1.807, 2.05) is 0 Å². The Morgan fingerprint density at radius 3 is 2.71 bits per heavy atom. The zero-order valence-corrected chi connectivity index (χ0v) is 8.12. The number of hydrogen-bond acceptors (Lipinski definition) is 3. The second-order valence-electron chi connectivity index (χ2n) is 2.46. The molecule has 0 saturated heterocycles. The predicted octanol–water partition coefficient (Wildman–Crippen LogP) is 0.644. The lowest BCUT2D eigenvalue weighted by Gasteiger charge is -2.17. The smallest absolute Gasteiger partial charge is 0.324 e. The molecule has 0 aromatic carbocycles. The van der Waals surface area contributed by atoms with Crippen molar-refractivity contribution in [2.75, 3.05) is 13.1 Å². The minimum absolute atomic E-state index is 0.117. The van der Waals surface area contributed by atoms with Crippen molar-refractivity contribution in [2.45, 2.75) is 13.3 Å². The average molecular weight is 195 g/mol. The highest BCUT2D eigenvalue weighted by Crippen LogP contribution is 1.95. The normalized spacial score (nSPS) is 8.57. The predicted molar refractivity (Wildman–Crippen MR) is 51.2 cm³/mol. The highest BCUT2D eigenvalue weighted by atomic mass is 16.2. The summed E-state index contributed by atoms with van der Waals surface area (Å²) in [4.78, 5) is 23.5. The second-order valence-corrected chi connectivity index (χ2v) is 2.46. The third-order valence-electron chi connectivity index (χ3n) is 1.42. The fourth-order valence-corrected chi connectivity index (χ4v) is 0.837. The minimum Gasteiger partial charge on any atom is -0.338 e. The molecule has 0 heterocycles. The third kappa shape index (κ3) is 3.72. The van der Waals surface area contributed by atoms with Crippen LogP contribution in [0.3, 0.4) is 0 Å². The van der Waals surface area contributed by atoms with E-state index in [9.17, 15) is 9.59 Å². The molecule has 5 heteroatoms. The van der Waals surface area contributed by atoms with Crippen LogP contribution in [0.5, 0.6) is 0 Å². The Kier molecular flexibility index (Phi) is 5.79. The van der Waals surface area contributed by atoms with Gasteiger partial charge in [0.2, 0.25) is 5.91 Å². The maximum Gasteiger partial charge on any atom is 0.324 e. The molecular weight excluding hydrogens is 182 g/mol. The molecule has 0 unspecified atom stereocenters. The van der Waals surface area contributed by atoms with Gasteiger partial charge in [0.1, 0.15) is 6.42 Å². The number of nitrogens with one attached hydrogen (secondary N) is 1. The van der Waals surface area contributed by atoms with Gasteiger partial charge in [-0.05, 0) is 6.92 Å². The van der Waals surface area contributed by atoms with Gasteiger partial charge in [-0.15, -0.1) is 6.58 Å². The summed E-state index contributed by atoms with van der Waals surface area (Å²) in [5, 5.41) is 10.8. The second kappa shape index (κ2) is 6.66. The van der Waals surface area contributed by atoms with Gasteiger partial charge in [0.15, 0.2) is 0 Å². The SMILES string of the molecule is C=CCN(C(=O)CC#N)C(=O)NCC. The first-order chi connectivity index (χ1) is 6.67. The van der Waals surface area contributed by atoms with E-state index >= 15 is 0 Å². The molecule has 0 rings (SSSR count). The van der Waals surface area contributed by atoms with Crippen molar-refractivity contribution in [3.05, 3.63) is 12.7 Å². The number of amides is 3. The van der Waals surface area contributed by atoms with Crippen molar-refractivity contribution in [1.82, 2.24) is 10.2 Å². The zero-order chi connectivity index (χ0) is 11.0. The van der Waals surface area contributed by atoms with E-state index in [-0.39, 0.29) is 13.0 Å². The Hall–Kier alpha value is -1.83. The molecule has 14 heavy (non-hydrogen) atoms. The molecule has 0 aromatic rings. The van der Waals surface area contributed by atoms with E-state index in [4.69, 9.17) is 5.26 Å². The summed E-state index contributed by atoms with van der Waals surface area (Å²) in [5.41, 5.74) is 0. The molecule has 0 aliphatic carbocycles. The number of nitrogens with zero attached hydrogens (tertiary/aromatic N) is 2. The lowest BCUT2D eigenvalue weighted by Crippen LogP contribution is -2.43. The molecule has 0 radical (unpaired) electrons. The standard InChI is InChI=1S/C9H13N3O2/c1-3-7-12(8(13)5-6-10)9(14)11-4-2/h3H,1,4-5,7H2,2H3,(H,11,14). The maximum absolute atomic E-state index is 11.3. The van der Waals surface area contributed by atoms with Gasteiger partial charge in [0.05, 0.1) is 6.07 Å². The molecule has 0 saturated carbocycles. The molecule has 0 bridgehead atoms. The fraction of sp³-hybridized carbons (Fsp3) is 0.444. The van der Waals surface area contributed by atoms with E-state index in [2.05, 4.69) is 11.9 Å². The summed E-state index contributed by atoms with van der Waals surface area (Å²) in [7, 11) is 0. The van der Waals surface area contributed by atoms with Gasteiger partial charge >= 0.3 is 6.03 Å². The summed E-state index contributed by atoms with van der Waals surface area (Å²) in [6.45, 7) is 5.73. The van der Waals surface area contributed by atoms with Gasteiger partial charge in [-0.2, -0.15) is 5.26 Å². The Morgan fingerprint density at radius 1 is 1.64 bits per heavy atom. The molecule has 76 valence electrons. The molecule has 1 N–H and O–H groups in total. The summed E-state index contributed by atoms with van der Waals surface area (Å²) < 4.78 is 0. The molecule has 0 fully saturated rings.